The Morgan fingerprint density at radius 3 is 2.90 bits per heavy atom. The van der Waals surface area contributed by atoms with Crippen molar-refractivity contribution in [1.82, 2.24) is 10.2 Å². The molecular formula is C17H24N2O. The number of hydrogen-bond donors (Lipinski definition) is 1. The highest BCUT2D eigenvalue weighted by Gasteiger charge is 2.36. The Morgan fingerprint density at radius 2 is 2.10 bits per heavy atom. The second kappa shape index (κ2) is 6.42. The lowest BCUT2D eigenvalue weighted by Gasteiger charge is -2.21. The van der Waals surface area contributed by atoms with Crippen LogP contribution in [0.3, 0.4) is 0 Å². The van der Waals surface area contributed by atoms with E-state index < -0.39 is 0 Å². The summed E-state index contributed by atoms with van der Waals surface area (Å²) in [4.78, 5) is 2.64. The molecule has 2 aliphatic rings. The van der Waals surface area contributed by atoms with Crippen LogP contribution in [-0.4, -0.2) is 36.7 Å². The van der Waals surface area contributed by atoms with Gasteiger partial charge in [-0.15, -0.1) is 0 Å². The Hall–Kier alpha value is -1.32. The van der Waals surface area contributed by atoms with Crippen LogP contribution in [0.15, 0.2) is 36.9 Å². The zero-order valence-corrected chi connectivity index (χ0v) is 12.1. The predicted molar refractivity (Wildman–Crippen MR) is 82.0 cm³/mol. The number of rotatable bonds is 6. The van der Waals surface area contributed by atoms with E-state index in [1.165, 1.54) is 37.9 Å². The van der Waals surface area contributed by atoms with Crippen LogP contribution in [0.5, 0.6) is 5.75 Å². The Morgan fingerprint density at radius 1 is 1.25 bits per heavy atom. The van der Waals surface area contributed by atoms with Crippen LogP contribution in [0.25, 0.3) is 0 Å². The first kappa shape index (κ1) is 13.7. The van der Waals surface area contributed by atoms with Gasteiger partial charge in [0.2, 0.25) is 0 Å². The van der Waals surface area contributed by atoms with Crippen LogP contribution in [0.2, 0.25) is 0 Å². The van der Waals surface area contributed by atoms with E-state index in [0.717, 1.165) is 18.3 Å². The van der Waals surface area contributed by atoms with Gasteiger partial charge in [0.25, 0.3) is 0 Å². The van der Waals surface area contributed by atoms with Crippen molar-refractivity contribution in [3.05, 3.63) is 42.5 Å². The average molecular weight is 272 g/mol. The van der Waals surface area contributed by atoms with Crippen molar-refractivity contribution in [3.63, 3.8) is 0 Å². The van der Waals surface area contributed by atoms with E-state index in [9.17, 15) is 0 Å². The summed E-state index contributed by atoms with van der Waals surface area (Å²) in [5.74, 6) is 0.913. The van der Waals surface area contributed by atoms with Gasteiger partial charge in [-0.25, -0.2) is 0 Å². The lowest BCUT2D eigenvalue weighted by molar-refractivity contribution is 0.298. The van der Waals surface area contributed by atoms with Gasteiger partial charge in [-0.2, -0.15) is 0 Å². The summed E-state index contributed by atoms with van der Waals surface area (Å²) in [6, 6.07) is 9.83. The van der Waals surface area contributed by atoms with Gasteiger partial charge < -0.3 is 10.1 Å². The molecule has 3 nitrogen and oxygen atoms in total. The van der Waals surface area contributed by atoms with Gasteiger partial charge in [-0.05, 0) is 43.5 Å². The van der Waals surface area contributed by atoms with E-state index in [4.69, 9.17) is 4.74 Å². The highest BCUT2D eigenvalue weighted by molar-refractivity contribution is 5.27. The summed E-state index contributed by atoms with van der Waals surface area (Å²) in [5.41, 5.74) is 1.33. The first-order valence-electron chi connectivity index (χ1n) is 7.67. The van der Waals surface area contributed by atoms with Gasteiger partial charge in [0.15, 0.2) is 0 Å². The lowest BCUT2D eigenvalue weighted by atomic mass is 10.1. The van der Waals surface area contributed by atoms with Crippen LogP contribution in [0.4, 0.5) is 0 Å². The van der Waals surface area contributed by atoms with Crippen molar-refractivity contribution in [1.29, 1.82) is 0 Å². The summed E-state index contributed by atoms with van der Waals surface area (Å²) in [5, 5.41) is 3.73. The van der Waals surface area contributed by atoms with E-state index in [1.807, 2.05) is 12.1 Å². The largest absolute Gasteiger partial charge is 0.490 e. The van der Waals surface area contributed by atoms with Gasteiger partial charge in [0, 0.05) is 25.2 Å². The molecule has 0 amide bonds. The number of benzene rings is 1. The highest BCUT2D eigenvalue weighted by atomic mass is 16.5. The Bertz CT molecular complexity index is 443. The number of fused-ring (bicyclic) bond motifs is 1. The van der Waals surface area contributed by atoms with E-state index in [1.54, 1.807) is 6.08 Å². The highest BCUT2D eigenvalue weighted by Crippen LogP contribution is 2.28. The molecule has 3 rings (SSSR count). The van der Waals surface area contributed by atoms with Crippen LogP contribution in [0.1, 0.15) is 24.8 Å². The quantitative estimate of drug-likeness (QED) is 0.806. The van der Waals surface area contributed by atoms with Crippen molar-refractivity contribution in [3.8, 4) is 5.75 Å². The van der Waals surface area contributed by atoms with Gasteiger partial charge >= 0.3 is 0 Å². The molecule has 0 bridgehead atoms. The van der Waals surface area contributed by atoms with Crippen molar-refractivity contribution in [2.24, 2.45) is 0 Å². The average Bonchev–Trinajstić information content (AvgIpc) is 3.08. The summed E-state index contributed by atoms with van der Waals surface area (Å²) in [6.45, 7) is 7.75. The first-order valence-corrected chi connectivity index (χ1v) is 7.67. The molecule has 2 saturated heterocycles. The monoisotopic (exact) mass is 272 g/mol. The fourth-order valence-corrected chi connectivity index (χ4v) is 3.43. The second-order valence-electron chi connectivity index (χ2n) is 5.77. The number of nitrogens with one attached hydrogen (secondary N) is 1. The fraction of sp³-hybridized carbons (Fsp3) is 0.529. The number of ether oxygens (including phenoxy) is 1. The zero-order valence-electron chi connectivity index (χ0n) is 12.1. The molecule has 2 atom stereocenters. The Balaban J connectivity index is 1.49. The SMILES string of the molecule is C=CCOc1ccc(CNC2CCN3CCCC23)cc1. The van der Waals surface area contributed by atoms with Crippen molar-refractivity contribution in [2.75, 3.05) is 19.7 Å². The summed E-state index contributed by atoms with van der Waals surface area (Å²) in [7, 11) is 0. The van der Waals surface area contributed by atoms with Gasteiger partial charge in [0.1, 0.15) is 12.4 Å². The van der Waals surface area contributed by atoms with Gasteiger partial charge in [0.05, 0.1) is 0 Å². The molecule has 3 heteroatoms. The minimum absolute atomic E-state index is 0.567. The standard InChI is InChI=1S/C17H24N2O/c1-2-12-20-15-7-5-14(6-8-15)13-18-16-9-11-19-10-3-4-17(16)19/h2,5-8,16-18H,1,3-4,9-13H2. The van der Waals surface area contributed by atoms with Crippen molar-refractivity contribution < 1.29 is 4.74 Å². The topological polar surface area (TPSA) is 24.5 Å². The van der Waals surface area contributed by atoms with Gasteiger partial charge in [-0.3, -0.25) is 4.90 Å². The molecule has 0 saturated carbocycles. The van der Waals surface area contributed by atoms with Crippen LogP contribution in [-0.2, 0) is 6.54 Å². The molecule has 0 radical (unpaired) electrons. The number of hydrogen-bond acceptors (Lipinski definition) is 3. The van der Waals surface area contributed by atoms with E-state index in [0.29, 0.717) is 12.6 Å². The maximum Gasteiger partial charge on any atom is 0.119 e. The summed E-state index contributed by atoms with van der Waals surface area (Å²) >= 11 is 0. The van der Waals surface area contributed by atoms with E-state index in [2.05, 4.69) is 28.9 Å². The van der Waals surface area contributed by atoms with E-state index >= 15 is 0 Å². The van der Waals surface area contributed by atoms with E-state index in [-0.39, 0.29) is 0 Å². The molecule has 0 spiro atoms. The second-order valence-corrected chi connectivity index (χ2v) is 5.77. The number of nitrogens with zero attached hydrogens (tertiary/aromatic N) is 1. The molecule has 2 unspecified atom stereocenters. The third kappa shape index (κ3) is 3.05. The predicted octanol–water partition coefficient (Wildman–Crippen LogP) is 2.58. The van der Waals surface area contributed by atoms with Gasteiger partial charge in [-0.1, -0.05) is 24.8 Å². The molecule has 108 valence electrons. The van der Waals surface area contributed by atoms with Crippen LogP contribution >= 0.6 is 0 Å². The molecule has 20 heavy (non-hydrogen) atoms. The summed E-state index contributed by atoms with van der Waals surface area (Å²) < 4.78 is 5.50. The Kier molecular flexibility index (Phi) is 4.38. The Labute approximate surface area is 121 Å². The van der Waals surface area contributed by atoms with Crippen molar-refractivity contribution in [2.45, 2.75) is 37.9 Å². The van der Waals surface area contributed by atoms with Crippen molar-refractivity contribution >= 4 is 0 Å². The molecule has 2 fully saturated rings. The normalized spacial score (nSPS) is 25.6. The molecule has 1 N–H and O–H groups in total. The third-order valence-corrected chi connectivity index (χ3v) is 4.47. The maximum absolute atomic E-state index is 5.50. The smallest absolute Gasteiger partial charge is 0.119 e. The zero-order chi connectivity index (χ0) is 13.8. The molecule has 2 heterocycles. The maximum atomic E-state index is 5.50. The molecule has 2 aliphatic heterocycles. The molecule has 0 aromatic heterocycles. The lowest BCUT2D eigenvalue weighted by Crippen LogP contribution is -2.38. The molecule has 0 aliphatic carbocycles. The first-order chi connectivity index (χ1) is 9.86. The van der Waals surface area contributed by atoms with Crippen LogP contribution < -0.4 is 10.1 Å². The molecular weight excluding hydrogens is 248 g/mol. The fourth-order valence-electron chi connectivity index (χ4n) is 3.43. The van der Waals surface area contributed by atoms with Crippen LogP contribution in [0, 0.1) is 0 Å². The minimum atomic E-state index is 0.567. The molecule has 1 aromatic carbocycles. The molecule has 1 aromatic rings. The summed E-state index contributed by atoms with van der Waals surface area (Å²) in [6.07, 6.45) is 5.80. The minimum Gasteiger partial charge on any atom is -0.490 e. The third-order valence-electron chi connectivity index (χ3n) is 4.47.